The highest BCUT2D eigenvalue weighted by molar-refractivity contribution is 5.93. The number of nitrogens with one attached hydrogen (secondary N) is 2. The normalized spacial score (nSPS) is 20.7. The van der Waals surface area contributed by atoms with Crippen molar-refractivity contribution in [3.8, 4) is 11.3 Å². The summed E-state index contributed by atoms with van der Waals surface area (Å²) >= 11 is 0. The van der Waals surface area contributed by atoms with E-state index in [4.69, 9.17) is 0 Å². The van der Waals surface area contributed by atoms with Gasteiger partial charge in [0.1, 0.15) is 6.23 Å². The molecule has 3 heterocycles. The minimum atomic E-state index is -0.593. The molecule has 0 bridgehead atoms. The number of H-pyrrole nitrogens is 1. The maximum absolute atomic E-state index is 10.4. The topological polar surface area (TPSA) is 51.3 Å². The van der Waals surface area contributed by atoms with E-state index in [1.54, 1.807) is 0 Å². The van der Waals surface area contributed by atoms with Gasteiger partial charge in [0.15, 0.2) is 0 Å². The zero-order valence-electron chi connectivity index (χ0n) is 15.7. The number of hydrogen-bond donors (Lipinski definition) is 3. The molecule has 1 aromatic heterocycles. The fourth-order valence-corrected chi connectivity index (χ4v) is 4.72. The summed E-state index contributed by atoms with van der Waals surface area (Å²) in [6.45, 7) is 4.25. The first-order valence-corrected chi connectivity index (χ1v) is 10.2. The molecule has 0 spiro atoms. The van der Waals surface area contributed by atoms with Gasteiger partial charge in [0.05, 0.1) is 0 Å². The number of aliphatic hydroxyl groups is 1. The Kier molecular flexibility index (Phi) is 4.48. The zero-order valence-corrected chi connectivity index (χ0v) is 15.7. The van der Waals surface area contributed by atoms with Gasteiger partial charge in [0.2, 0.25) is 0 Å². The largest absolute Gasteiger partial charge is 0.374 e. The third-order valence-electron chi connectivity index (χ3n) is 6.04. The fraction of sp³-hybridized carbons (Fsp3) is 0.391. The van der Waals surface area contributed by atoms with Crippen molar-refractivity contribution in [2.75, 3.05) is 19.6 Å². The van der Waals surface area contributed by atoms with Gasteiger partial charge in [0.25, 0.3) is 0 Å². The molecule has 0 aliphatic carbocycles. The first-order chi connectivity index (χ1) is 13.3. The molecule has 0 amide bonds. The summed E-state index contributed by atoms with van der Waals surface area (Å²) in [7, 11) is 0. The Hall–Kier alpha value is -2.14. The van der Waals surface area contributed by atoms with Gasteiger partial charge in [-0.3, -0.25) is 10.2 Å². The van der Waals surface area contributed by atoms with Gasteiger partial charge in [-0.1, -0.05) is 36.8 Å². The van der Waals surface area contributed by atoms with Crippen LogP contribution in [0.5, 0.6) is 0 Å². The molecule has 5 rings (SSSR count). The SMILES string of the molecule is OC1NCCc2c(-c3cccc(CN4CCCCC4)c3)[nH]c3cccc1c23. The number of aliphatic hydroxyl groups excluding tert-OH is 1. The lowest BCUT2D eigenvalue weighted by Gasteiger charge is -2.26. The van der Waals surface area contributed by atoms with Crippen LogP contribution in [0.3, 0.4) is 0 Å². The summed E-state index contributed by atoms with van der Waals surface area (Å²) in [4.78, 5) is 6.21. The predicted molar refractivity (Wildman–Crippen MR) is 110 cm³/mol. The molecule has 0 saturated carbocycles. The van der Waals surface area contributed by atoms with E-state index in [0.717, 1.165) is 30.6 Å². The van der Waals surface area contributed by atoms with Crippen LogP contribution in [0.25, 0.3) is 22.2 Å². The van der Waals surface area contributed by atoms with E-state index in [9.17, 15) is 5.11 Å². The van der Waals surface area contributed by atoms with Gasteiger partial charge in [-0.15, -0.1) is 0 Å². The van der Waals surface area contributed by atoms with E-state index < -0.39 is 6.23 Å². The van der Waals surface area contributed by atoms with E-state index in [0.29, 0.717) is 0 Å². The van der Waals surface area contributed by atoms with Crippen molar-refractivity contribution in [2.45, 2.75) is 38.5 Å². The van der Waals surface area contributed by atoms with Crippen molar-refractivity contribution in [2.24, 2.45) is 0 Å². The van der Waals surface area contributed by atoms with E-state index in [1.165, 1.54) is 60.1 Å². The molecule has 1 unspecified atom stereocenters. The molecule has 1 atom stereocenters. The highest BCUT2D eigenvalue weighted by Gasteiger charge is 2.22. The summed E-state index contributed by atoms with van der Waals surface area (Å²) in [6, 6.07) is 15.1. The number of nitrogens with zero attached hydrogens (tertiary/aromatic N) is 1. The third-order valence-corrected chi connectivity index (χ3v) is 6.04. The van der Waals surface area contributed by atoms with Crippen LogP contribution in [0.15, 0.2) is 42.5 Å². The van der Waals surface area contributed by atoms with Crippen molar-refractivity contribution in [3.63, 3.8) is 0 Å². The summed E-state index contributed by atoms with van der Waals surface area (Å²) in [6.07, 6.45) is 4.34. The highest BCUT2D eigenvalue weighted by Crippen LogP contribution is 2.36. The molecule has 4 nitrogen and oxygen atoms in total. The molecule has 27 heavy (non-hydrogen) atoms. The minimum absolute atomic E-state index is 0.593. The maximum Gasteiger partial charge on any atom is 0.131 e. The molecule has 140 valence electrons. The van der Waals surface area contributed by atoms with E-state index in [2.05, 4.69) is 45.5 Å². The second-order valence-corrected chi connectivity index (χ2v) is 7.89. The van der Waals surface area contributed by atoms with Crippen LogP contribution in [-0.4, -0.2) is 34.6 Å². The van der Waals surface area contributed by atoms with Crippen LogP contribution in [0.4, 0.5) is 0 Å². The van der Waals surface area contributed by atoms with Gasteiger partial charge < -0.3 is 10.1 Å². The molecule has 2 aliphatic rings. The van der Waals surface area contributed by atoms with Gasteiger partial charge >= 0.3 is 0 Å². The van der Waals surface area contributed by atoms with Crippen molar-refractivity contribution in [1.29, 1.82) is 0 Å². The Morgan fingerprint density at radius 2 is 1.89 bits per heavy atom. The van der Waals surface area contributed by atoms with E-state index >= 15 is 0 Å². The van der Waals surface area contributed by atoms with Crippen LogP contribution in [0.2, 0.25) is 0 Å². The lowest BCUT2D eigenvalue weighted by atomic mass is 9.99. The Bertz CT molecular complexity index is 955. The Morgan fingerprint density at radius 1 is 1.04 bits per heavy atom. The lowest BCUT2D eigenvalue weighted by molar-refractivity contribution is 0.143. The second-order valence-electron chi connectivity index (χ2n) is 7.89. The van der Waals surface area contributed by atoms with E-state index in [-0.39, 0.29) is 0 Å². The van der Waals surface area contributed by atoms with Gasteiger partial charge in [-0.05, 0) is 61.2 Å². The van der Waals surface area contributed by atoms with Crippen molar-refractivity contribution in [1.82, 2.24) is 15.2 Å². The van der Waals surface area contributed by atoms with Gasteiger partial charge in [-0.25, -0.2) is 0 Å². The number of likely N-dealkylation sites (tertiary alicyclic amines) is 1. The van der Waals surface area contributed by atoms with Crippen molar-refractivity contribution in [3.05, 3.63) is 59.2 Å². The number of aromatic amines is 1. The molecular formula is C23H27N3O. The van der Waals surface area contributed by atoms with Crippen molar-refractivity contribution < 1.29 is 5.11 Å². The molecule has 2 aromatic carbocycles. The Labute approximate surface area is 160 Å². The third kappa shape index (κ3) is 3.18. The standard InChI is InChI=1S/C23H27N3O/c27-23-19-8-5-9-20-21(19)18(10-11-24-23)22(25-20)17-7-4-6-16(14-17)15-26-12-2-1-3-13-26/h4-9,14,23-25,27H,1-3,10-13,15H2. The average Bonchev–Trinajstić information content (AvgIpc) is 2.98. The molecular weight excluding hydrogens is 334 g/mol. The fourth-order valence-electron chi connectivity index (χ4n) is 4.72. The van der Waals surface area contributed by atoms with Gasteiger partial charge in [0, 0.05) is 35.2 Å². The number of rotatable bonds is 3. The minimum Gasteiger partial charge on any atom is -0.374 e. The maximum atomic E-state index is 10.4. The Morgan fingerprint density at radius 3 is 2.78 bits per heavy atom. The quantitative estimate of drug-likeness (QED) is 0.662. The van der Waals surface area contributed by atoms with Crippen molar-refractivity contribution >= 4 is 10.9 Å². The predicted octanol–water partition coefficient (Wildman–Crippen LogP) is 3.96. The average molecular weight is 361 g/mol. The van der Waals surface area contributed by atoms with Crippen LogP contribution >= 0.6 is 0 Å². The van der Waals surface area contributed by atoms with Gasteiger partial charge in [-0.2, -0.15) is 0 Å². The second kappa shape index (κ2) is 7.12. The first kappa shape index (κ1) is 17.0. The molecule has 1 fully saturated rings. The van der Waals surface area contributed by atoms with Crippen LogP contribution in [-0.2, 0) is 13.0 Å². The number of hydrogen-bond acceptors (Lipinski definition) is 3. The Balaban J connectivity index is 1.55. The number of piperidine rings is 1. The summed E-state index contributed by atoms with van der Waals surface area (Å²) in [5, 5.41) is 14.8. The number of benzene rings is 2. The molecule has 1 saturated heterocycles. The molecule has 3 aromatic rings. The summed E-state index contributed by atoms with van der Waals surface area (Å²) in [5.74, 6) is 0. The molecule has 4 heteroatoms. The lowest BCUT2D eigenvalue weighted by Crippen LogP contribution is -2.29. The summed E-state index contributed by atoms with van der Waals surface area (Å²) < 4.78 is 0. The first-order valence-electron chi connectivity index (χ1n) is 10.2. The highest BCUT2D eigenvalue weighted by atomic mass is 16.3. The number of aromatic nitrogens is 1. The van der Waals surface area contributed by atoms with Crippen LogP contribution in [0, 0.1) is 0 Å². The molecule has 2 aliphatic heterocycles. The van der Waals surface area contributed by atoms with Crippen LogP contribution < -0.4 is 5.32 Å². The summed E-state index contributed by atoms with van der Waals surface area (Å²) in [5.41, 5.74) is 7.24. The zero-order chi connectivity index (χ0) is 18.2. The van der Waals surface area contributed by atoms with Crippen LogP contribution in [0.1, 0.15) is 42.2 Å². The molecule has 0 radical (unpaired) electrons. The molecule has 3 N–H and O–H groups in total. The van der Waals surface area contributed by atoms with E-state index in [1.807, 2.05) is 12.1 Å². The smallest absolute Gasteiger partial charge is 0.131 e. The monoisotopic (exact) mass is 361 g/mol.